The quantitative estimate of drug-likeness (QED) is 0.144. The molecule has 220 valence electrons. The number of fused-ring (bicyclic) bond motifs is 1. The number of nitrogens with zero attached hydrogens (tertiary/aromatic N) is 1. The number of aromatic nitrogens is 1. The molecule has 0 saturated carbocycles. The van der Waals surface area contributed by atoms with Crippen LogP contribution < -0.4 is 5.32 Å². The number of amides is 1. The number of hydrogen-bond donors (Lipinski definition) is 3. The average Bonchev–Trinajstić information content (AvgIpc) is 3.02. The number of aryl methyl sites for hydroxylation is 1. The van der Waals surface area contributed by atoms with Crippen LogP contribution in [0.4, 0.5) is 0 Å². The Morgan fingerprint density at radius 3 is 2.20 bits per heavy atom. The molecule has 5 rings (SSSR count). The molecule has 0 aliphatic heterocycles. The fraction of sp³-hybridized carbons (Fsp3) is 0.111. The Hall–Kier alpha value is -5.27. The van der Waals surface area contributed by atoms with E-state index in [0.717, 1.165) is 27.7 Å². The molecule has 0 aliphatic carbocycles. The molecule has 4 aromatic carbocycles. The van der Waals surface area contributed by atoms with Crippen molar-refractivity contribution in [2.24, 2.45) is 0 Å². The first kappa shape index (κ1) is 30.2. The molecular weight excluding hydrogens is 576 g/mol. The lowest BCUT2D eigenvalue weighted by molar-refractivity contribution is -0.121. The Labute approximate surface area is 259 Å². The van der Waals surface area contributed by atoms with Gasteiger partial charge in [-0.3, -0.25) is 4.79 Å². The highest BCUT2D eigenvalue weighted by molar-refractivity contribution is 6.31. The van der Waals surface area contributed by atoms with Crippen LogP contribution in [0.5, 0.6) is 0 Å². The second kappa shape index (κ2) is 13.8. The largest absolute Gasteiger partial charge is 0.478 e. The number of nitrogens with one attached hydrogen (secondary N) is 1. The molecule has 3 N–H and O–H groups in total. The van der Waals surface area contributed by atoms with Gasteiger partial charge in [0.1, 0.15) is 0 Å². The zero-order chi connectivity index (χ0) is 31.1. The van der Waals surface area contributed by atoms with Crippen molar-refractivity contribution in [3.63, 3.8) is 0 Å². The number of carbonyl (C=O) groups is 3. The molecule has 7 nitrogen and oxygen atoms in total. The number of halogens is 1. The smallest absolute Gasteiger partial charge is 0.335 e. The molecule has 0 bridgehead atoms. The maximum absolute atomic E-state index is 13.3. The number of rotatable bonds is 11. The topological polar surface area (TPSA) is 117 Å². The van der Waals surface area contributed by atoms with E-state index >= 15 is 0 Å². The lowest BCUT2D eigenvalue weighted by Gasteiger charge is -2.21. The van der Waals surface area contributed by atoms with Gasteiger partial charge in [0, 0.05) is 10.4 Å². The fourth-order valence-electron chi connectivity index (χ4n) is 5.13. The summed E-state index contributed by atoms with van der Waals surface area (Å²) in [6.07, 6.45) is 4.56. The summed E-state index contributed by atoms with van der Waals surface area (Å²) in [7, 11) is 0. The molecule has 1 aromatic heterocycles. The zero-order valence-electron chi connectivity index (χ0n) is 23.6. The average molecular weight is 605 g/mol. The van der Waals surface area contributed by atoms with Crippen LogP contribution in [0.25, 0.3) is 23.1 Å². The van der Waals surface area contributed by atoms with E-state index in [0.29, 0.717) is 29.0 Å². The SMILES string of the molecule is O=C(Cc1ccccc1C(=O)O)NC(CCc1ccccc1C(=O)O)c1cccc(/C=C/c2ccc3ccc(Cl)cc3n2)c1. The van der Waals surface area contributed by atoms with Gasteiger partial charge in [-0.05, 0) is 77.6 Å². The number of aromatic carboxylic acids is 2. The number of carboxylic acid groups (broad SMARTS) is 2. The summed E-state index contributed by atoms with van der Waals surface area (Å²) in [6.45, 7) is 0. The molecule has 0 fully saturated rings. The van der Waals surface area contributed by atoms with Crippen molar-refractivity contribution < 1.29 is 24.6 Å². The zero-order valence-corrected chi connectivity index (χ0v) is 24.4. The minimum Gasteiger partial charge on any atom is -0.478 e. The van der Waals surface area contributed by atoms with Crippen molar-refractivity contribution in [1.82, 2.24) is 10.3 Å². The van der Waals surface area contributed by atoms with Crippen LogP contribution in [0, 0.1) is 0 Å². The van der Waals surface area contributed by atoms with Gasteiger partial charge in [0.05, 0.1) is 34.8 Å². The third-order valence-electron chi connectivity index (χ3n) is 7.32. The number of benzene rings is 4. The van der Waals surface area contributed by atoms with Crippen LogP contribution >= 0.6 is 11.6 Å². The van der Waals surface area contributed by atoms with E-state index in [-0.39, 0.29) is 23.5 Å². The second-order valence-electron chi connectivity index (χ2n) is 10.3. The highest BCUT2D eigenvalue weighted by atomic mass is 35.5. The van der Waals surface area contributed by atoms with Gasteiger partial charge >= 0.3 is 11.9 Å². The van der Waals surface area contributed by atoms with Crippen molar-refractivity contribution in [3.05, 3.63) is 147 Å². The molecule has 44 heavy (non-hydrogen) atoms. The Kier molecular flexibility index (Phi) is 9.47. The van der Waals surface area contributed by atoms with E-state index in [2.05, 4.69) is 10.3 Å². The van der Waals surface area contributed by atoms with Gasteiger partial charge in [-0.2, -0.15) is 0 Å². The van der Waals surface area contributed by atoms with Crippen LogP contribution in [0.1, 0.15) is 61.1 Å². The maximum Gasteiger partial charge on any atom is 0.335 e. The normalized spacial score (nSPS) is 11.8. The van der Waals surface area contributed by atoms with Crippen molar-refractivity contribution in [3.8, 4) is 0 Å². The number of carbonyl (C=O) groups excluding carboxylic acids is 1. The minimum absolute atomic E-state index is 0.0753. The van der Waals surface area contributed by atoms with Crippen LogP contribution in [0.2, 0.25) is 5.02 Å². The van der Waals surface area contributed by atoms with E-state index in [1.807, 2.05) is 66.7 Å². The summed E-state index contributed by atoms with van der Waals surface area (Å²) in [5.41, 5.74) is 4.64. The van der Waals surface area contributed by atoms with E-state index in [9.17, 15) is 24.6 Å². The van der Waals surface area contributed by atoms with Crippen molar-refractivity contribution >= 4 is 52.5 Å². The molecule has 1 unspecified atom stereocenters. The highest BCUT2D eigenvalue weighted by Crippen LogP contribution is 2.24. The molecule has 0 saturated heterocycles. The summed E-state index contributed by atoms with van der Waals surface area (Å²) in [5.74, 6) is -2.45. The number of carboxylic acids is 2. The lowest BCUT2D eigenvalue weighted by Crippen LogP contribution is -2.31. The Bertz CT molecular complexity index is 1880. The van der Waals surface area contributed by atoms with Crippen LogP contribution in [-0.4, -0.2) is 33.0 Å². The summed E-state index contributed by atoms with van der Waals surface area (Å²) in [4.78, 5) is 41.4. The first-order valence-electron chi connectivity index (χ1n) is 14.0. The fourth-order valence-corrected chi connectivity index (χ4v) is 5.30. The van der Waals surface area contributed by atoms with Crippen molar-refractivity contribution in [2.45, 2.75) is 25.3 Å². The van der Waals surface area contributed by atoms with E-state index in [1.165, 1.54) is 6.07 Å². The van der Waals surface area contributed by atoms with Crippen LogP contribution in [0.15, 0.2) is 103 Å². The molecule has 1 atom stereocenters. The van der Waals surface area contributed by atoms with Crippen LogP contribution in [-0.2, 0) is 17.6 Å². The summed E-state index contributed by atoms with van der Waals surface area (Å²) >= 11 is 6.14. The standard InChI is InChI=1S/C36H29ClN2O5/c37-28-16-13-25-14-18-29(38-33(25)22-28)17-12-23-6-5-9-27(20-23)32(19-15-24-7-1-3-10-30(24)35(41)42)39-34(40)21-26-8-2-4-11-31(26)36(43)44/h1-14,16-18,20,22,32H,15,19,21H2,(H,39,40)(H,41,42)(H,43,44)/b17-12+. The third-order valence-corrected chi connectivity index (χ3v) is 7.55. The molecule has 1 amide bonds. The Morgan fingerprint density at radius 2 is 1.45 bits per heavy atom. The van der Waals surface area contributed by atoms with Gasteiger partial charge in [0.25, 0.3) is 0 Å². The number of pyridine rings is 1. The molecule has 8 heteroatoms. The molecule has 0 spiro atoms. The second-order valence-corrected chi connectivity index (χ2v) is 10.8. The van der Waals surface area contributed by atoms with E-state index < -0.39 is 18.0 Å². The first-order chi connectivity index (χ1) is 21.3. The van der Waals surface area contributed by atoms with E-state index in [1.54, 1.807) is 42.5 Å². The van der Waals surface area contributed by atoms with Gasteiger partial charge in [-0.15, -0.1) is 0 Å². The van der Waals surface area contributed by atoms with E-state index in [4.69, 9.17) is 11.6 Å². The third kappa shape index (κ3) is 7.56. The first-order valence-corrected chi connectivity index (χ1v) is 14.4. The lowest BCUT2D eigenvalue weighted by atomic mass is 9.95. The van der Waals surface area contributed by atoms with Crippen molar-refractivity contribution in [1.29, 1.82) is 0 Å². The maximum atomic E-state index is 13.3. The minimum atomic E-state index is -1.10. The predicted octanol–water partition coefficient (Wildman–Crippen LogP) is 7.49. The molecule has 0 aliphatic rings. The summed E-state index contributed by atoms with van der Waals surface area (Å²) < 4.78 is 0. The van der Waals surface area contributed by atoms with Crippen LogP contribution in [0.3, 0.4) is 0 Å². The van der Waals surface area contributed by atoms with Gasteiger partial charge in [0.2, 0.25) is 5.91 Å². The van der Waals surface area contributed by atoms with Gasteiger partial charge in [-0.25, -0.2) is 14.6 Å². The van der Waals surface area contributed by atoms with Gasteiger partial charge < -0.3 is 15.5 Å². The van der Waals surface area contributed by atoms with Crippen molar-refractivity contribution in [2.75, 3.05) is 0 Å². The Morgan fingerprint density at radius 1 is 0.773 bits per heavy atom. The molecule has 5 aromatic rings. The van der Waals surface area contributed by atoms with Gasteiger partial charge in [0.15, 0.2) is 0 Å². The number of hydrogen-bond acceptors (Lipinski definition) is 4. The molecule has 0 radical (unpaired) electrons. The highest BCUT2D eigenvalue weighted by Gasteiger charge is 2.19. The summed E-state index contributed by atoms with van der Waals surface area (Å²) in [5, 5.41) is 23.9. The Balaban J connectivity index is 1.40. The predicted molar refractivity (Wildman–Crippen MR) is 172 cm³/mol. The van der Waals surface area contributed by atoms with Gasteiger partial charge in [-0.1, -0.05) is 84.4 Å². The molecule has 1 heterocycles. The summed E-state index contributed by atoms with van der Waals surface area (Å²) in [6, 6.07) is 30.0. The molecular formula is C36H29ClN2O5. The monoisotopic (exact) mass is 604 g/mol.